The zero-order valence-corrected chi connectivity index (χ0v) is 22.8. The highest BCUT2D eigenvalue weighted by atomic mass is 16.5. The number of phenolic OH excluding ortho intramolecular Hbond substituents is 1. The van der Waals surface area contributed by atoms with E-state index in [4.69, 9.17) is 4.74 Å². The van der Waals surface area contributed by atoms with Crippen LogP contribution < -0.4 is 0 Å². The fourth-order valence-corrected chi connectivity index (χ4v) is 4.67. The Hall–Kier alpha value is -1.51. The summed E-state index contributed by atoms with van der Waals surface area (Å²) in [7, 11) is 0. The summed E-state index contributed by atoms with van der Waals surface area (Å²) in [6, 6.07) is 4.05. The third kappa shape index (κ3) is 14.7. The second-order valence-electron chi connectivity index (χ2n) is 9.99. The molecular weight excluding hydrogens is 420 g/mol. The average molecular weight is 475 g/mol. The molecule has 1 aromatic rings. The van der Waals surface area contributed by atoms with Crippen molar-refractivity contribution in [1.29, 1.82) is 0 Å². The number of phenols is 1. The highest BCUT2D eigenvalue weighted by Crippen LogP contribution is 2.26. The number of hydrogen-bond acceptors (Lipinski definition) is 3. The fraction of sp³-hybridized carbons (Fsp3) is 0.774. The normalized spacial score (nSPS) is 11.1. The minimum Gasteiger partial charge on any atom is -0.507 e. The molecule has 3 nitrogen and oxygen atoms in total. The van der Waals surface area contributed by atoms with Crippen LogP contribution in [0.3, 0.4) is 0 Å². The molecule has 1 N–H and O–H groups in total. The van der Waals surface area contributed by atoms with Crippen molar-refractivity contribution in [3.05, 3.63) is 28.8 Å². The molecule has 0 spiro atoms. The van der Waals surface area contributed by atoms with Gasteiger partial charge in [-0.2, -0.15) is 0 Å². The lowest BCUT2D eigenvalue weighted by Gasteiger charge is -2.11. The largest absolute Gasteiger partial charge is 0.507 e. The van der Waals surface area contributed by atoms with Crippen molar-refractivity contribution in [3.8, 4) is 5.75 Å². The molecule has 0 radical (unpaired) electrons. The standard InChI is InChI=1S/C31H54O3/c1-4-7-8-9-10-11-12-13-14-15-16-17-18-19-20-21-24-34-30(32)23-22-27-25-28(5-2)31(33)29(6-3)26-27/h25-26,33H,4-24H2,1-3H3. The van der Waals surface area contributed by atoms with Crippen molar-refractivity contribution < 1.29 is 14.6 Å². The predicted molar refractivity (Wildman–Crippen MR) is 146 cm³/mol. The number of aryl methyl sites for hydroxylation is 3. The summed E-state index contributed by atoms with van der Waals surface area (Å²) >= 11 is 0. The quantitative estimate of drug-likeness (QED) is 0.134. The van der Waals surface area contributed by atoms with Gasteiger partial charge in [0.2, 0.25) is 0 Å². The molecule has 1 rings (SSSR count). The summed E-state index contributed by atoms with van der Waals surface area (Å²) in [4.78, 5) is 12.1. The van der Waals surface area contributed by atoms with Crippen LogP contribution in [0.4, 0.5) is 0 Å². The van der Waals surface area contributed by atoms with E-state index in [1.807, 2.05) is 26.0 Å². The van der Waals surface area contributed by atoms with Crippen LogP contribution in [0.1, 0.15) is 147 Å². The molecule has 0 bridgehead atoms. The number of benzene rings is 1. The van der Waals surface area contributed by atoms with E-state index in [1.165, 1.54) is 89.9 Å². The highest BCUT2D eigenvalue weighted by molar-refractivity contribution is 5.69. The lowest BCUT2D eigenvalue weighted by molar-refractivity contribution is -0.143. The number of hydrogen-bond donors (Lipinski definition) is 1. The van der Waals surface area contributed by atoms with E-state index in [1.54, 1.807) is 0 Å². The van der Waals surface area contributed by atoms with Gasteiger partial charge in [0.25, 0.3) is 0 Å². The zero-order valence-electron chi connectivity index (χ0n) is 22.8. The Kier molecular flexibility index (Phi) is 18.7. The number of carbonyl (C=O) groups excluding carboxylic acids is 1. The first-order valence-electron chi connectivity index (χ1n) is 14.6. The molecule has 0 fully saturated rings. The van der Waals surface area contributed by atoms with Gasteiger partial charge in [0.15, 0.2) is 0 Å². The molecule has 0 aliphatic rings. The van der Waals surface area contributed by atoms with Crippen LogP contribution in [-0.2, 0) is 28.8 Å². The monoisotopic (exact) mass is 474 g/mol. The molecule has 0 aliphatic carbocycles. The molecule has 0 unspecified atom stereocenters. The molecule has 0 saturated carbocycles. The molecular formula is C31H54O3. The lowest BCUT2D eigenvalue weighted by atomic mass is 9.98. The number of rotatable bonds is 22. The van der Waals surface area contributed by atoms with Gasteiger partial charge in [0, 0.05) is 6.42 Å². The Labute approximate surface area is 211 Å². The molecule has 34 heavy (non-hydrogen) atoms. The molecule has 0 aliphatic heterocycles. The number of esters is 1. The smallest absolute Gasteiger partial charge is 0.306 e. The van der Waals surface area contributed by atoms with Gasteiger partial charge in [0.1, 0.15) is 5.75 Å². The number of unbranched alkanes of at least 4 members (excludes halogenated alkanes) is 15. The minimum absolute atomic E-state index is 0.106. The second kappa shape index (κ2) is 20.8. The van der Waals surface area contributed by atoms with Crippen LogP contribution >= 0.6 is 0 Å². The van der Waals surface area contributed by atoms with Crippen molar-refractivity contribution in [3.63, 3.8) is 0 Å². The Bertz CT molecular complexity index is 613. The number of aromatic hydroxyl groups is 1. The summed E-state index contributed by atoms with van der Waals surface area (Å²) in [6.07, 6.45) is 24.3. The highest BCUT2D eigenvalue weighted by Gasteiger charge is 2.10. The minimum atomic E-state index is -0.106. The maximum atomic E-state index is 12.1. The van der Waals surface area contributed by atoms with Crippen molar-refractivity contribution in [1.82, 2.24) is 0 Å². The first-order valence-corrected chi connectivity index (χ1v) is 14.6. The van der Waals surface area contributed by atoms with Crippen molar-refractivity contribution in [2.24, 2.45) is 0 Å². The third-order valence-corrected chi connectivity index (χ3v) is 6.97. The summed E-state index contributed by atoms with van der Waals surface area (Å²) in [6.45, 7) is 6.92. The Morgan fingerprint density at radius 1 is 0.676 bits per heavy atom. The van der Waals surface area contributed by atoms with Gasteiger partial charge >= 0.3 is 5.97 Å². The first-order chi connectivity index (χ1) is 16.6. The lowest BCUT2D eigenvalue weighted by Crippen LogP contribution is -2.07. The summed E-state index contributed by atoms with van der Waals surface area (Å²) in [5.41, 5.74) is 3.05. The van der Waals surface area contributed by atoms with Crippen LogP contribution in [0, 0.1) is 0 Å². The molecule has 3 heteroatoms. The Balaban J connectivity index is 1.93. The SMILES string of the molecule is CCCCCCCCCCCCCCCCCCOC(=O)CCc1cc(CC)c(O)c(CC)c1. The maximum Gasteiger partial charge on any atom is 0.306 e. The molecule has 1 aromatic carbocycles. The number of carbonyl (C=O) groups is 1. The van der Waals surface area contributed by atoms with E-state index in [0.717, 1.165) is 42.4 Å². The zero-order chi connectivity index (χ0) is 24.9. The molecule has 0 aromatic heterocycles. The van der Waals surface area contributed by atoms with Crippen molar-refractivity contribution in [2.45, 2.75) is 149 Å². The topological polar surface area (TPSA) is 46.5 Å². The van der Waals surface area contributed by atoms with Gasteiger partial charge in [-0.3, -0.25) is 4.79 Å². The van der Waals surface area contributed by atoms with Crippen LogP contribution in [0.25, 0.3) is 0 Å². The van der Waals surface area contributed by atoms with Crippen LogP contribution in [-0.4, -0.2) is 17.7 Å². The molecule has 0 heterocycles. The summed E-state index contributed by atoms with van der Waals surface area (Å²) < 4.78 is 5.43. The van der Waals surface area contributed by atoms with Gasteiger partial charge in [-0.1, -0.05) is 129 Å². The maximum absolute atomic E-state index is 12.1. The van der Waals surface area contributed by atoms with E-state index in [-0.39, 0.29) is 5.97 Å². The summed E-state index contributed by atoms with van der Waals surface area (Å²) in [5.74, 6) is 0.310. The fourth-order valence-electron chi connectivity index (χ4n) is 4.67. The second-order valence-corrected chi connectivity index (χ2v) is 9.99. The van der Waals surface area contributed by atoms with Gasteiger partial charge in [-0.15, -0.1) is 0 Å². The van der Waals surface area contributed by atoms with Crippen LogP contribution in [0.15, 0.2) is 12.1 Å². The van der Waals surface area contributed by atoms with E-state index < -0.39 is 0 Å². The Morgan fingerprint density at radius 3 is 1.50 bits per heavy atom. The molecule has 196 valence electrons. The van der Waals surface area contributed by atoms with E-state index in [2.05, 4.69) is 6.92 Å². The number of ether oxygens (including phenoxy) is 1. The van der Waals surface area contributed by atoms with E-state index >= 15 is 0 Å². The van der Waals surface area contributed by atoms with E-state index in [9.17, 15) is 9.90 Å². The average Bonchev–Trinajstić information content (AvgIpc) is 2.85. The molecule has 0 saturated heterocycles. The molecule has 0 atom stereocenters. The third-order valence-electron chi connectivity index (χ3n) is 6.97. The van der Waals surface area contributed by atoms with Crippen molar-refractivity contribution >= 4 is 5.97 Å². The van der Waals surface area contributed by atoms with Gasteiger partial charge < -0.3 is 9.84 Å². The first kappa shape index (κ1) is 30.5. The van der Waals surface area contributed by atoms with Gasteiger partial charge in [-0.05, 0) is 42.4 Å². The van der Waals surface area contributed by atoms with Crippen molar-refractivity contribution in [2.75, 3.05) is 6.61 Å². The Morgan fingerprint density at radius 2 is 1.09 bits per heavy atom. The summed E-state index contributed by atoms with van der Waals surface area (Å²) in [5, 5.41) is 10.2. The van der Waals surface area contributed by atoms with E-state index in [0.29, 0.717) is 25.2 Å². The van der Waals surface area contributed by atoms with Crippen LogP contribution in [0.2, 0.25) is 0 Å². The molecule has 0 amide bonds. The van der Waals surface area contributed by atoms with Gasteiger partial charge in [0.05, 0.1) is 6.61 Å². The van der Waals surface area contributed by atoms with Crippen LogP contribution in [0.5, 0.6) is 5.75 Å². The van der Waals surface area contributed by atoms with Gasteiger partial charge in [-0.25, -0.2) is 0 Å². The predicted octanol–water partition coefficient (Wildman–Crippen LogP) is 9.25.